The van der Waals surface area contributed by atoms with E-state index in [1.165, 1.54) is 12.1 Å². The van der Waals surface area contributed by atoms with Crippen LogP contribution in [0.1, 0.15) is 5.56 Å². The summed E-state index contributed by atoms with van der Waals surface area (Å²) in [4.78, 5) is 14.2. The van der Waals surface area contributed by atoms with Crippen molar-refractivity contribution < 1.29 is 23.1 Å². The summed E-state index contributed by atoms with van der Waals surface area (Å²) in [6.07, 6.45) is -5.15. The van der Waals surface area contributed by atoms with Crippen LogP contribution in [0.3, 0.4) is 0 Å². The Bertz CT molecular complexity index is 484. The Labute approximate surface area is 93.8 Å². The van der Waals surface area contributed by atoms with E-state index in [2.05, 4.69) is 4.99 Å². The fourth-order valence-corrected chi connectivity index (χ4v) is 1.36. The highest BCUT2D eigenvalue weighted by Crippen LogP contribution is 2.34. The maximum absolute atomic E-state index is 12.5. The SMILES string of the molecule is O=C1NC(c2ccccc2)=NC1(O)C(F)(F)F. The van der Waals surface area contributed by atoms with Crippen molar-refractivity contribution in [1.29, 1.82) is 0 Å². The molecule has 4 nitrogen and oxygen atoms in total. The number of halogens is 3. The Morgan fingerprint density at radius 2 is 1.82 bits per heavy atom. The average molecular weight is 244 g/mol. The van der Waals surface area contributed by atoms with Gasteiger partial charge in [0, 0.05) is 5.56 Å². The number of carbonyl (C=O) groups excluding carboxylic acids is 1. The van der Waals surface area contributed by atoms with Gasteiger partial charge in [-0.15, -0.1) is 0 Å². The molecule has 1 aliphatic rings. The van der Waals surface area contributed by atoms with E-state index in [1.54, 1.807) is 18.2 Å². The van der Waals surface area contributed by atoms with Gasteiger partial charge in [0.05, 0.1) is 0 Å². The van der Waals surface area contributed by atoms with E-state index in [1.807, 2.05) is 5.32 Å². The van der Waals surface area contributed by atoms with Gasteiger partial charge in [0.15, 0.2) is 0 Å². The zero-order valence-electron chi connectivity index (χ0n) is 8.32. The minimum absolute atomic E-state index is 0.293. The number of benzene rings is 1. The van der Waals surface area contributed by atoms with Gasteiger partial charge < -0.3 is 10.4 Å². The highest BCUT2D eigenvalue weighted by Gasteiger charge is 2.63. The molecule has 1 aromatic rings. The van der Waals surface area contributed by atoms with Crippen LogP contribution < -0.4 is 5.32 Å². The van der Waals surface area contributed by atoms with Crippen LogP contribution >= 0.6 is 0 Å². The van der Waals surface area contributed by atoms with Crippen molar-refractivity contribution in [3.63, 3.8) is 0 Å². The first-order valence-corrected chi connectivity index (χ1v) is 4.60. The molecule has 1 unspecified atom stereocenters. The van der Waals surface area contributed by atoms with Gasteiger partial charge in [-0.1, -0.05) is 30.3 Å². The van der Waals surface area contributed by atoms with Gasteiger partial charge in [0.25, 0.3) is 5.91 Å². The third kappa shape index (κ3) is 1.78. The Morgan fingerprint density at radius 3 is 2.29 bits per heavy atom. The number of aliphatic hydroxyl groups is 1. The fourth-order valence-electron chi connectivity index (χ4n) is 1.36. The third-order valence-corrected chi connectivity index (χ3v) is 2.26. The number of rotatable bonds is 1. The molecule has 2 rings (SSSR count). The molecule has 0 spiro atoms. The van der Waals surface area contributed by atoms with Crippen molar-refractivity contribution in [2.75, 3.05) is 0 Å². The largest absolute Gasteiger partial charge is 0.448 e. The van der Waals surface area contributed by atoms with Crippen molar-refractivity contribution in [3.8, 4) is 0 Å². The number of aliphatic imine (C=N–C) groups is 1. The van der Waals surface area contributed by atoms with Crippen molar-refractivity contribution >= 4 is 11.7 Å². The molecule has 2 N–H and O–H groups in total. The van der Waals surface area contributed by atoms with Crippen LogP contribution in [0.2, 0.25) is 0 Å². The molecular weight excluding hydrogens is 237 g/mol. The second-order valence-corrected chi connectivity index (χ2v) is 3.45. The van der Waals surface area contributed by atoms with Crippen LogP contribution in [0.5, 0.6) is 0 Å². The lowest BCUT2D eigenvalue weighted by molar-refractivity contribution is -0.245. The summed E-state index contributed by atoms with van der Waals surface area (Å²) in [6.45, 7) is 0. The first kappa shape index (κ1) is 11.6. The number of hydrogen-bond donors (Lipinski definition) is 2. The Balaban J connectivity index is 2.42. The second kappa shape index (κ2) is 3.56. The van der Waals surface area contributed by atoms with Crippen LogP contribution in [-0.4, -0.2) is 28.8 Å². The monoisotopic (exact) mass is 244 g/mol. The molecule has 0 aliphatic carbocycles. The summed E-state index contributed by atoms with van der Waals surface area (Å²) < 4.78 is 37.4. The minimum atomic E-state index is -5.15. The predicted octanol–water partition coefficient (Wildman–Crippen LogP) is 0.814. The first-order valence-electron chi connectivity index (χ1n) is 4.60. The molecule has 1 aromatic carbocycles. The van der Waals surface area contributed by atoms with E-state index in [4.69, 9.17) is 0 Å². The van der Waals surface area contributed by atoms with E-state index in [-0.39, 0.29) is 5.84 Å². The predicted molar refractivity (Wildman–Crippen MR) is 52.1 cm³/mol. The molecule has 1 heterocycles. The number of nitrogens with zero attached hydrogens (tertiary/aromatic N) is 1. The van der Waals surface area contributed by atoms with Crippen LogP contribution in [-0.2, 0) is 4.79 Å². The zero-order chi connectivity index (χ0) is 12.7. The topological polar surface area (TPSA) is 61.7 Å². The maximum Gasteiger partial charge on any atom is 0.448 e. The Hall–Kier alpha value is -1.89. The number of carbonyl (C=O) groups is 1. The quantitative estimate of drug-likeness (QED) is 0.768. The van der Waals surface area contributed by atoms with E-state index in [0.717, 1.165) is 0 Å². The molecule has 1 aliphatic heterocycles. The molecule has 90 valence electrons. The fraction of sp³-hybridized carbons (Fsp3) is 0.200. The van der Waals surface area contributed by atoms with Gasteiger partial charge in [-0.2, -0.15) is 13.2 Å². The molecule has 0 aromatic heterocycles. The third-order valence-electron chi connectivity index (χ3n) is 2.26. The van der Waals surface area contributed by atoms with E-state index >= 15 is 0 Å². The Morgan fingerprint density at radius 1 is 1.24 bits per heavy atom. The lowest BCUT2D eigenvalue weighted by Gasteiger charge is -2.18. The van der Waals surface area contributed by atoms with Crippen molar-refractivity contribution in [1.82, 2.24) is 5.32 Å². The maximum atomic E-state index is 12.5. The lowest BCUT2D eigenvalue weighted by Crippen LogP contribution is -2.51. The summed E-state index contributed by atoms with van der Waals surface area (Å²) in [7, 11) is 0. The number of nitrogens with one attached hydrogen (secondary N) is 1. The summed E-state index contributed by atoms with van der Waals surface area (Å²) in [5, 5.41) is 11.1. The van der Waals surface area contributed by atoms with E-state index in [0.29, 0.717) is 5.56 Å². The lowest BCUT2D eigenvalue weighted by atomic mass is 10.2. The molecule has 7 heteroatoms. The minimum Gasteiger partial charge on any atom is -0.355 e. The van der Waals surface area contributed by atoms with Crippen LogP contribution in [0.4, 0.5) is 13.2 Å². The average Bonchev–Trinajstić information content (AvgIpc) is 2.57. The van der Waals surface area contributed by atoms with E-state index in [9.17, 15) is 23.1 Å². The summed E-state index contributed by atoms with van der Waals surface area (Å²) in [6, 6.07) is 7.77. The van der Waals surface area contributed by atoms with Gasteiger partial charge in [-0.25, -0.2) is 4.99 Å². The normalized spacial score (nSPS) is 24.5. The number of alkyl halides is 3. The number of amides is 1. The second-order valence-electron chi connectivity index (χ2n) is 3.45. The molecular formula is C10H7F3N2O2. The molecule has 0 radical (unpaired) electrons. The molecule has 0 fully saturated rings. The summed E-state index contributed by atoms with van der Waals surface area (Å²) in [5.74, 6) is -1.89. The van der Waals surface area contributed by atoms with Gasteiger partial charge >= 0.3 is 11.9 Å². The number of hydrogen-bond acceptors (Lipinski definition) is 3. The van der Waals surface area contributed by atoms with Crippen LogP contribution in [0, 0.1) is 0 Å². The number of amidine groups is 1. The zero-order valence-corrected chi connectivity index (χ0v) is 8.32. The Kier molecular flexibility index (Phi) is 2.43. The van der Waals surface area contributed by atoms with Crippen molar-refractivity contribution in [2.45, 2.75) is 11.9 Å². The van der Waals surface area contributed by atoms with E-state index < -0.39 is 17.8 Å². The van der Waals surface area contributed by atoms with Crippen LogP contribution in [0.15, 0.2) is 35.3 Å². The standard InChI is InChI=1S/C10H7F3N2O2/c11-10(12,13)9(17)8(16)14-7(15-9)6-4-2-1-3-5-6/h1-5,17H,(H,14,15,16). The molecule has 1 atom stereocenters. The molecule has 0 saturated carbocycles. The smallest absolute Gasteiger partial charge is 0.355 e. The van der Waals surface area contributed by atoms with Crippen LogP contribution in [0.25, 0.3) is 0 Å². The summed E-state index contributed by atoms with van der Waals surface area (Å²) >= 11 is 0. The molecule has 1 amide bonds. The first-order chi connectivity index (χ1) is 7.84. The van der Waals surface area contributed by atoms with Crippen molar-refractivity contribution in [2.24, 2.45) is 4.99 Å². The summed E-state index contributed by atoms with van der Waals surface area (Å²) in [5.41, 5.74) is -3.40. The van der Waals surface area contributed by atoms with Crippen molar-refractivity contribution in [3.05, 3.63) is 35.9 Å². The van der Waals surface area contributed by atoms with Gasteiger partial charge in [-0.05, 0) is 0 Å². The molecule has 0 bridgehead atoms. The highest BCUT2D eigenvalue weighted by atomic mass is 19.4. The molecule has 0 saturated heterocycles. The van der Waals surface area contributed by atoms with Gasteiger partial charge in [0.2, 0.25) is 0 Å². The van der Waals surface area contributed by atoms with Gasteiger partial charge in [-0.3, -0.25) is 4.79 Å². The highest BCUT2D eigenvalue weighted by molar-refractivity contribution is 6.14. The van der Waals surface area contributed by atoms with Gasteiger partial charge in [0.1, 0.15) is 5.84 Å². The molecule has 17 heavy (non-hydrogen) atoms.